The van der Waals surface area contributed by atoms with Gasteiger partial charge in [-0.05, 0) is 37.2 Å². The summed E-state index contributed by atoms with van der Waals surface area (Å²) in [6.45, 7) is 5.67. The van der Waals surface area contributed by atoms with Crippen molar-refractivity contribution in [3.8, 4) is 0 Å². The number of hydrogen-bond donors (Lipinski definition) is 4. The molecule has 8 nitrogen and oxygen atoms in total. The molecule has 0 bridgehead atoms. The van der Waals surface area contributed by atoms with Crippen molar-refractivity contribution in [1.82, 2.24) is 10.2 Å². The summed E-state index contributed by atoms with van der Waals surface area (Å²) in [4.78, 5) is 35.1. The number of aliphatic hydroxyl groups is 1. The Morgan fingerprint density at radius 3 is 2.37 bits per heavy atom. The van der Waals surface area contributed by atoms with E-state index in [9.17, 15) is 19.5 Å². The minimum Gasteiger partial charge on any atom is -0.520 e. The summed E-state index contributed by atoms with van der Waals surface area (Å²) in [6.07, 6.45) is 2.98. The number of hydrogen-bond acceptors (Lipinski definition) is 5. The molecule has 0 aliphatic heterocycles. The van der Waals surface area contributed by atoms with E-state index in [2.05, 4.69) is 24.5 Å². The number of nitrogens with zero attached hydrogens (tertiary/aromatic N) is 1. The fourth-order valence-corrected chi connectivity index (χ4v) is 1.91. The molecule has 27 heavy (non-hydrogen) atoms. The van der Waals surface area contributed by atoms with Gasteiger partial charge in [0.15, 0.2) is 0 Å². The largest absolute Gasteiger partial charge is 0.520 e. The molecule has 0 aliphatic rings. The second-order valence-corrected chi connectivity index (χ2v) is 5.78. The van der Waals surface area contributed by atoms with Crippen LogP contribution in [0.25, 0.3) is 0 Å². The number of nitrogens with one attached hydrogen (secondary N) is 2. The Hall–Kier alpha value is -3.45. The fourth-order valence-electron chi connectivity index (χ4n) is 1.91. The van der Waals surface area contributed by atoms with Crippen molar-refractivity contribution in [2.45, 2.75) is 46.4 Å². The maximum atomic E-state index is 12.0. The Balaban J connectivity index is 0. The Labute approximate surface area is 154 Å². The molecule has 0 radical (unpaired) electrons. The average Bonchev–Trinajstić information content (AvgIpc) is 2.62. The van der Waals surface area contributed by atoms with Crippen LogP contribution in [0.2, 0.25) is 0 Å². The molecule has 0 heterocycles. The van der Waals surface area contributed by atoms with Gasteiger partial charge in [-0.2, -0.15) is 6.41 Å². The van der Waals surface area contributed by atoms with Crippen LogP contribution in [0, 0.1) is 0 Å². The third-order valence-electron chi connectivity index (χ3n) is 3.16. The number of rotatable bonds is 8. The van der Waals surface area contributed by atoms with Crippen molar-refractivity contribution in [3.63, 3.8) is 0 Å². The van der Waals surface area contributed by atoms with Crippen LogP contribution in [-0.2, 0) is 27.5 Å². The van der Waals surface area contributed by atoms with Gasteiger partial charge in [-0.15, -0.1) is 0 Å². The molecule has 1 aromatic carbocycles. The predicted octanol–water partition coefficient (Wildman–Crippen LogP) is 0.496. The number of anilines is 1. The van der Waals surface area contributed by atoms with Gasteiger partial charge >= 0.3 is 0 Å². The van der Waals surface area contributed by atoms with E-state index in [0.717, 1.165) is 0 Å². The summed E-state index contributed by atoms with van der Waals surface area (Å²) < 4.78 is 0. The van der Waals surface area contributed by atoms with Crippen LogP contribution in [-0.4, -0.2) is 47.9 Å². The number of amides is 3. The molecule has 0 fully saturated rings. The van der Waals surface area contributed by atoms with Crippen molar-refractivity contribution in [2.75, 3.05) is 18.9 Å². The number of nitrogens with two attached hydrogens (primary N) is 1. The molecule has 0 spiro atoms. The van der Waals surface area contributed by atoms with Crippen molar-refractivity contribution in [1.29, 1.82) is 0 Å². The number of benzene rings is 1. The maximum Gasteiger partial charge on any atom is 0.246 e. The van der Waals surface area contributed by atoms with Gasteiger partial charge in [0.05, 0.1) is 13.2 Å². The minimum atomic E-state index is -0.738. The summed E-state index contributed by atoms with van der Waals surface area (Å²) in [7, 11) is 1.56. The number of carbonyl (C=O) groups is 2. The Bertz CT molecular complexity index is 599. The summed E-state index contributed by atoms with van der Waals surface area (Å²) in [5.41, 5.74) is 7.01. The molecule has 3 amide bonds. The zero-order valence-electron chi connectivity index (χ0n) is 16.1. The molecule has 0 saturated carbocycles. The smallest absolute Gasteiger partial charge is 0.246 e. The standard InChI is InChI=1S/C15H21N4O4.C3H8.Fm/c1-10(17-14(22)6-16)15(23)18-13-4-3-11(8-20)12(5-13)7-19(2)9-21;1-3-2;/h3-5,10,20H,6-8,16H2,1-2H3,(H,17,22)(H,18,23);3H2,1-2H3;/q-1;;. The van der Waals surface area contributed by atoms with Gasteiger partial charge in [-0.1, -0.05) is 26.3 Å². The molecular formula is C18H29FmN4O4-. The van der Waals surface area contributed by atoms with Gasteiger partial charge in [0, 0.05) is 12.2 Å². The molecule has 0 aliphatic carbocycles. The summed E-state index contributed by atoms with van der Waals surface area (Å²) in [5, 5.41) is 14.4. The normalized spacial score (nSPS) is 10.4. The molecule has 1 unspecified atom stereocenters. The summed E-state index contributed by atoms with van der Waals surface area (Å²) >= 11 is 0. The number of carbonyl (C=O) groups excluding carboxylic acids is 3. The summed E-state index contributed by atoms with van der Waals surface area (Å²) in [6, 6.07) is 4.22. The van der Waals surface area contributed by atoms with Crippen LogP contribution in [0.3, 0.4) is 0 Å². The predicted molar refractivity (Wildman–Crippen MR) is 101 cm³/mol. The SMILES string of the molecule is CC(NC(=O)CN)C(=O)Nc1ccc(CO)c(CN(C)[C-]=O)c1.CCC.[Fm]. The Kier molecular flexibility index (Phi) is 13.2. The Morgan fingerprint density at radius 2 is 1.89 bits per heavy atom. The topological polar surface area (TPSA) is 125 Å². The second kappa shape index (κ2) is 13.8. The van der Waals surface area contributed by atoms with Crippen molar-refractivity contribution >= 4 is 23.9 Å². The van der Waals surface area contributed by atoms with Gasteiger partial charge in [0.2, 0.25) is 11.8 Å². The zero-order valence-corrected chi connectivity index (χ0v) is 18.5. The van der Waals surface area contributed by atoms with Crippen LogP contribution in [0.1, 0.15) is 38.3 Å². The maximum absolute atomic E-state index is 12.0. The van der Waals surface area contributed by atoms with Crippen molar-refractivity contribution < 1.29 is 19.5 Å². The van der Waals surface area contributed by atoms with Crippen LogP contribution in [0.5, 0.6) is 0 Å². The van der Waals surface area contributed by atoms with E-state index in [1.165, 1.54) is 11.3 Å². The van der Waals surface area contributed by atoms with E-state index in [-0.39, 0.29) is 19.7 Å². The van der Waals surface area contributed by atoms with E-state index in [1.807, 2.05) is 0 Å². The third-order valence-corrected chi connectivity index (χ3v) is 3.16. The third kappa shape index (κ3) is 9.57. The van der Waals surface area contributed by atoms with Gasteiger partial charge in [-0.3, -0.25) is 9.59 Å². The first kappa shape index (κ1) is 25.8. The van der Waals surface area contributed by atoms with Crippen LogP contribution in [0.15, 0.2) is 18.2 Å². The second-order valence-electron chi connectivity index (χ2n) is 5.78. The molecule has 9 heteroatoms. The minimum absolute atomic E-state index is 0. The first-order chi connectivity index (χ1) is 12.3. The zero-order chi connectivity index (χ0) is 20.1. The van der Waals surface area contributed by atoms with Crippen LogP contribution in [0.4, 0.5) is 5.69 Å². The van der Waals surface area contributed by atoms with Crippen LogP contribution >= 0.6 is 0 Å². The fraction of sp³-hybridized carbons (Fsp3) is 0.500. The molecule has 158 valence electrons. The van der Waals surface area contributed by atoms with Gasteiger partial charge in [0.25, 0.3) is 0 Å². The van der Waals surface area contributed by atoms with E-state index in [1.54, 1.807) is 38.6 Å². The van der Waals surface area contributed by atoms with Crippen molar-refractivity contribution in [2.24, 2.45) is 5.73 Å². The quantitative estimate of drug-likeness (QED) is 0.249. The molecule has 5 N–H and O–H groups in total. The number of aliphatic hydroxyl groups excluding tert-OH is 1. The van der Waals surface area contributed by atoms with Crippen molar-refractivity contribution in [3.05, 3.63) is 29.3 Å². The first-order valence-electron chi connectivity index (χ1n) is 8.44. The van der Waals surface area contributed by atoms with E-state index >= 15 is 0 Å². The van der Waals surface area contributed by atoms with E-state index < -0.39 is 17.9 Å². The van der Waals surface area contributed by atoms with E-state index in [4.69, 9.17) is 5.73 Å². The molecule has 0 aromatic heterocycles. The van der Waals surface area contributed by atoms with Crippen LogP contribution < -0.4 is 16.4 Å². The molecule has 1 rings (SSSR count). The first-order valence-corrected chi connectivity index (χ1v) is 8.44. The monoisotopic (exact) mass is 622 g/mol. The summed E-state index contributed by atoms with van der Waals surface area (Å²) in [5.74, 6) is -0.822. The average molecular weight is 622 g/mol. The molecular weight excluding hydrogens is 593 g/mol. The molecule has 1 aromatic rings. The van der Waals surface area contributed by atoms with Gasteiger partial charge < -0.3 is 31.2 Å². The van der Waals surface area contributed by atoms with Gasteiger partial charge in [-0.25, -0.2) is 0 Å². The van der Waals surface area contributed by atoms with E-state index in [0.29, 0.717) is 16.8 Å². The van der Waals surface area contributed by atoms with Gasteiger partial charge in [0.1, 0.15) is 6.04 Å². The molecule has 0 saturated heterocycles. The molecule has 1 atom stereocenters. The Morgan fingerprint density at radius 1 is 1.30 bits per heavy atom.